The smallest absolute Gasteiger partial charge is 0.226 e. The van der Waals surface area contributed by atoms with Gasteiger partial charge in [-0.1, -0.05) is 36.4 Å². The Balaban J connectivity index is 0.00000280. The Morgan fingerprint density at radius 1 is 1.18 bits per heavy atom. The van der Waals surface area contributed by atoms with Crippen molar-refractivity contribution in [3.63, 3.8) is 0 Å². The first kappa shape index (κ1) is 21.9. The van der Waals surface area contributed by atoms with Crippen LogP contribution in [0.4, 0.5) is 10.1 Å². The van der Waals surface area contributed by atoms with Crippen LogP contribution in [-0.2, 0) is 29.1 Å². The molecule has 0 saturated carbocycles. The highest BCUT2D eigenvalue weighted by atomic mass is 35.5. The molecule has 0 aromatic heterocycles. The SMILES string of the molecule is CC(=O)N(CCC(=O)Nc1ccc2c(c1F)CCNC2)Cc1ccccc1.Cl. The fraction of sp³-hybridized carbons (Fsp3) is 0.333. The summed E-state index contributed by atoms with van der Waals surface area (Å²) in [6.07, 6.45) is 0.727. The van der Waals surface area contributed by atoms with E-state index < -0.39 is 0 Å². The van der Waals surface area contributed by atoms with Crippen molar-refractivity contribution in [1.29, 1.82) is 0 Å². The molecule has 3 rings (SSSR count). The van der Waals surface area contributed by atoms with Crippen LogP contribution in [-0.4, -0.2) is 29.8 Å². The third kappa shape index (κ3) is 5.53. The summed E-state index contributed by atoms with van der Waals surface area (Å²) in [7, 11) is 0. The van der Waals surface area contributed by atoms with E-state index in [1.165, 1.54) is 6.92 Å². The maximum absolute atomic E-state index is 14.6. The van der Waals surface area contributed by atoms with Gasteiger partial charge in [-0.25, -0.2) is 4.39 Å². The van der Waals surface area contributed by atoms with Crippen LogP contribution in [0.1, 0.15) is 30.0 Å². The Hall–Kier alpha value is -2.44. The predicted molar refractivity (Wildman–Crippen MR) is 110 cm³/mol. The van der Waals surface area contributed by atoms with Gasteiger partial charge in [-0.3, -0.25) is 9.59 Å². The molecule has 0 spiro atoms. The molecule has 5 nitrogen and oxygen atoms in total. The standard InChI is InChI=1S/C21H24FN3O2.ClH/c1-15(26)25(14-16-5-3-2-4-6-16)12-10-20(27)24-19-8-7-17-13-23-11-9-18(17)21(19)22;/h2-8,23H,9-14H2,1H3,(H,24,27);1H. The number of halogens is 2. The second-order valence-corrected chi connectivity index (χ2v) is 6.72. The van der Waals surface area contributed by atoms with E-state index in [1.807, 2.05) is 36.4 Å². The Labute approximate surface area is 170 Å². The number of nitrogens with one attached hydrogen (secondary N) is 2. The number of hydrogen-bond acceptors (Lipinski definition) is 3. The highest BCUT2D eigenvalue weighted by molar-refractivity contribution is 5.91. The van der Waals surface area contributed by atoms with Crippen molar-refractivity contribution in [1.82, 2.24) is 10.2 Å². The molecule has 150 valence electrons. The molecule has 0 unspecified atom stereocenters. The summed E-state index contributed by atoms with van der Waals surface area (Å²) in [5, 5.41) is 5.85. The maximum Gasteiger partial charge on any atom is 0.226 e. The fourth-order valence-electron chi connectivity index (χ4n) is 3.23. The van der Waals surface area contributed by atoms with Crippen LogP contribution in [0.25, 0.3) is 0 Å². The lowest BCUT2D eigenvalue weighted by Gasteiger charge is -2.21. The van der Waals surface area contributed by atoms with Crippen LogP contribution in [0.15, 0.2) is 42.5 Å². The Kier molecular flexibility index (Phi) is 7.96. The van der Waals surface area contributed by atoms with Gasteiger partial charge in [0.2, 0.25) is 11.8 Å². The third-order valence-corrected chi connectivity index (χ3v) is 4.75. The highest BCUT2D eigenvalue weighted by Crippen LogP contribution is 2.24. The molecule has 1 aliphatic rings. The van der Waals surface area contributed by atoms with E-state index in [1.54, 1.807) is 11.0 Å². The Bertz CT molecular complexity index is 830. The summed E-state index contributed by atoms with van der Waals surface area (Å²) in [4.78, 5) is 25.8. The number of carbonyl (C=O) groups is 2. The van der Waals surface area contributed by atoms with Crippen LogP contribution < -0.4 is 10.6 Å². The molecule has 0 radical (unpaired) electrons. The van der Waals surface area contributed by atoms with Crippen LogP contribution >= 0.6 is 12.4 Å². The van der Waals surface area contributed by atoms with Crippen molar-refractivity contribution in [3.8, 4) is 0 Å². The van der Waals surface area contributed by atoms with Crippen LogP contribution in [0.2, 0.25) is 0 Å². The second kappa shape index (κ2) is 10.2. The average molecular weight is 406 g/mol. The van der Waals surface area contributed by atoms with Crippen molar-refractivity contribution < 1.29 is 14.0 Å². The van der Waals surface area contributed by atoms with Crippen molar-refractivity contribution in [2.75, 3.05) is 18.4 Å². The first-order valence-corrected chi connectivity index (χ1v) is 9.15. The molecule has 2 aromatic rings. The molecular weight excluding hydrogens is 381 g/mol. The van der Waals surface area contributed by atoms with E-state index >= 15 is 0 Å². The molecule has 0 fully saturated rings. The Morgan fingerprint density at radius 2 is 1.93 bits per heavy atom. The minimum Gasteiger partial charge on any atom is -0.338 e. The van der Waals surface area contributed by atoms with Gasteiger partial charge in [-0.2, -0.15) is 0 Å². The lowest BCUT2D eigenvalue weighted by Crippen LogP contribution is -2.31. The zero-order valence-corrected chi connectivity index (χ0v) is 16.7. The van der Waals surface area contributed by atoms with Gasteiger partial charge in [0.25, 0.3) is 0 Å². The number of hydrogen-bond donors (Lipinski definition) is 2. The summed E-state index contributed by atoms with van der Waals surface area (Å²) in [6.45, 7) is 3.59. The molecule has 1 aliphatic heterocycles. The first-order valence-electron chi connectivity index (χ1n) is 9.15. The lowest BCUT2D eigenvalue weighted by atomic mass is 9.99. The van der Waals surface area contributed by atoms with Crippen molar-refractivity contribution in [2.24, 2.45) is 0 Å². The number of carbonyl (C=O) groups excluding carboxylic acids is 2. The van der Waals surface area contributed by atoms with Gasteiger partial charge in [0.1, 0.15) is 5.82 Å². The fourth-order valence-corrected chi connectivity index (χ4v) is 3.23. The van der Waals surface area contributed by atoms with Gasteiger partial charge in [0, 0.05) is 33.0 Å². The van der Waals surface area contributed by atoms with Crippen molar-refractivity contribution in [3.05, 3.63) is 65.0 Å². The summed E-state index contributed by atoms with van der Waals surface area (Å²) in [5.41, 5.74) is 2.81. The molecule has 0 saturated heterocycles. The van der Waals surface area contributed by atoms with Gasteiger partial charge in [-0.15, -0.1) is 12.4 Å². The predicted octanol–water partition coefficient (Wildman–Crippen LogP) is 3.27. The summed E-state index contributed by atoms with van der Waals surface area (Å²) in [6, 6.07) is 13.1. The quantitative estimate of drug-likeness (QED) is 0.775. The second-order valence-electron chi connectivity index (χ2n) is 6.72. The van der Waals surface area contributed by atoms with Gasteiger partial charge in [-0.05, 0) is 35.7 Å². The van der Waals surface area contributed by atoms with Crippen LogP contribution in [0, 0.1) is 5.82 Å². The zero-order valence-electron chi connectivity index (χ0n) is 15.8. The molecule has 2 amide bonds. The van der Waals surface area contributed by atoms with Crippen LogP contribution in [0.3, 0.4) is 0 Å². The molecule has 2 N–H and O–H groups in total. The Morgan fingerprint density at radius 3 is 2.64 bits per heavy atom. The van der Waals surface area contributed by atoms with E-state index in [0.29, 0.717) is 25.1 Å². The molecule has 0 bridgehead atoms. The van der Waals surface area contributed by atoms with Crippen molar-refractivity contribution in [2.45, 2.75) is 32.9 Å². The minimum absolute atomic E-state index is 0. The van der Waals surface area contributed by atoms with Gasteiger partial charge < -0.3 is 15.5 Å². The lowest BCUT2D eigenvalue weighted by molar-refractivity contribution is -0.129. The third-order valence-electron chi connectivity index (χ3n) is 4.75. The van der Waals surface area contributed by atoms with E-state index in [4.69, 9.17) is 0 Å². The van der Waals surface area contributed by atoms with Crippen molar-refractivity contribution >= 4 is 29.9 Å². The molecule has 7 heteroatoms. The number of amides is 2. The monoisotopic (exact) mass is 405 g/mol. The molecule has 2 aromatic carbocycles. The maximum atomic E-state index is 14.6. The topological polar surface area (TPSA) is 61.4 Å². The number of anilines is 1. The zero-order chi connectivity index (χ0) is 19.2. The van der Waals surface area contributed by atoms with Gasteiger partial charge in [0.05, 0.1) is 5.69 Å². The average Bonchev–Trinajstić information content (AvgIpc) is 2.68. The number of benzene rings is 2. The highest BCUT2D eigenvalue weighted by Gasteiger charge is 2.18. The number of fused-ring (bicyclic) bond motifs is 1. The summed E-state index contributed by atoms with van der Waals surface area (Å²) in [5.74, 6) is -0.753. The van der Waals surface area contributed by atoms with E-state index in [0.717, 1.165) is 17.7 Å². The summed E-state index contributed by atoms with van der Waals surface area (Å²) >= 11 is 0. The number of nitrogens with zero attached hydrogens (tertiary/aromatic N) is 1. The van der Waals surface area contributed by atoms with Gasteiger partial charge in [0.15, 0.2) is 0 Å². The van der Waals surface area contributed by atoms with E-state index in [-0.39, 0.29) is 48.7 Å². The minimum atomic E-state index is -0.352. The van der Waals surface area contributed by atoms with E-state index in [9.17, 15) is 14.0 Å². The van der Waals surface area contributed by atoms with Gasteiger partial charge >= 0.3 is 0 Å². The molecular formula is C21H25ClFN3O2. The molecule has 1 heterocycles. The van der Waals surface area contributed by atoms with Crippen LogP contribution in [0.5, 0.6) is 0 Å². The normalized spacial score (nSPS) is 12.5. The first-order chi connectivity index (χ1) is 13.0. The number of rotatable bonds is 6. The van der Waals surface area contributed by atoms with E-state index in [2.05, 4.69) is 10.6 Å². The largest absolute Gasteiger partial charge is 0.338 e. The molecule has 0 atom stereocenters. The molecule has 28 heavy (non-hydrogen) atoms. The summed E-state index contributed by atoms with van der Waals surface area (Å²) < 4.78 is 14.6. The molecule has 0 aliphatic carbocycles.